The fourth-order valence-electron chi connectivity index (χ4n) is 1.99. The topological polar surface area (TPSA) is 33.2 Å². The molecule has 2 rings (SSSR count). The van der Waals surface area contributed by atoms with Crippen LogP contribution in [0, 0.1) is 6.92 Å². The number of carbonyl (C=O) groups excluding carboxylic acids is 1. The summed E-state index contributed by atoms with van der Waals surface area (Å²) in [5, 5.41) is 0. The second-order valence-electron chi connectivity index (χ2n) is 4.14. The Kier molecular flexibility index (Phi) is 3.59. The lowest BCUT2D eigenvalue weighted by Gasteiger charge is -2.27. The molecule has 0 saturated carbocycles. The molecule has 0 bridgehead atoms. The van der Waals surface area contributed by atoms with Gasteiger partial charge in [0.25, 0.3) is 5.91 Å². The number of pyridine rings is 1. The number of carbonyl (C=O) groups is 1. The number of amides is 1. The molecule has 0 unspecified atom stereocenters. The number of hydrogen-bond donors (Lipinski definition) is 0. The Morgan fingerprint density at radius 2 is 2.06 bits per heavy atom. The maximum absolute atomic E-state index is 12.2. The molecule has 4 heteroatoms. The lowest BCUT2D eigenvalue weighted by molar-refractivity contribution is 0.0723. The molecule has 1 aliphatic heterocycles. The first-order chi connectivity index (χ1) is 7.68. The molecule has 1 aliphatic rings. The SMILES string of the molecule is Cc1ncc(Br)cc1C(=O)N1CCCCC1. The zero-order valence-corrected chi connectivity index (χ0v) is 11.0. The van der Waals surface area contributed by atoms with Gasteiger partial charge in [-0.15, -0.1) is 0 Å². The number of rotatable bonds is 1. The smallest absolute Gasteiger partial charge is 0.255 e. The summed E-state index contributed by atoms with van der Waals surface area (Å²) in [4.78, 5) is 18.4. The molecule has 16 heavy (non-hydrogen) atoms. The van der Waals surface area contributed by atoms with E-state index in [0.29, 0.717) is 0 Å². The molecular weight excluding hydrogens is 268 g/mol. The molecule has 1 aromatic rings. The lowest BCUT2D eigenvalue weighted by Crippen LogP contribution is -2.36. The predicted octanol–water partition coefficient (Wildman–Crippen LogP) is 2.78. The van der Waals surface area contributed by atoms with Crippen molar-refractivity contribution in [1.82, 2.24) is 9.88 Å². The van der Waals surface area contributed by atoms with Gasteiger partial charge in [-0.2, -0.15) is 0 Å². The van der Waals surface area contributed by atoms with Crippen LogP contribution in [0.4, 0.5) is 0 Å². The first-order valence-corrected chi connectivity index (χ1v) is 6.39. The summed E-state index contributed by atoms with van der Waals surface area (Å²) < 4.78 is 0.860. The van der Waals surface area contributed by atoms with Crippen LogP contribution in [-0.4, -0.2) is 28.9 Å². The highest BCUT2D eigenvalue weighted by Crippen LogP contribution is 2.18. The van der Waals surface area contributed by atoms with Gasteiger partial charge in [0.1, 0.15) is 0 Å². The van der Waals surface area contributed by atoms with Gasteiger partial charge in [0.05, 0.1) is 11.3 Å². The molecule has 86 valence electrons. The molecule has 0 radical (unpaired) electrons. The second kappa shape index (κ2) is 4.95. The Bertz CT molecular complexity index is 400. The highest BCUT2D eigenvalue weighted by molar-refractivity contribution is 9.10. The lowest BCUT2D eigenvalue weighted by atomic mass is 10.1. The Hall–Kier alpha value is -0.900. The minimum absolute atomic E-state index is 0.117. The normalized spacial score (nSPS) is 16.2. The quantitative estimate of drug-likeness (QED) is 0.794. The molecule has 1 aromatic heterocycles. The maximum Gasteiger partial charge on any atom is 0.255 e. The summed E-state index contributed by atoms with van der Waals surface area (Å²) in [6.07, 6.45) is 5.19. The number of aromatic nitrogens is 1. The number of likely N-dealkylation sites (tertiary alicyclic amines) is 1. The third-order valence-electron chi connectivity index (χ3n) is 2.93. The van der Waals surface area contributed by atoms with E-state index in [1.807, 2.05) is 17.9 Å². The fourth-order valence-corrected chi connectivity index (χ4v) is 2.32. The van der Waals surface area contributed by atoms with E-state index in [9.17, 15) is 4.79 Å². The van der Waals surface area contributed by atoms with Crippen molar-refractivity contribution < 1.29 is 4.79 Å². The summed E-state index contributed by atoms with van der Waals surface area (Å²) >= 11 is 3.36. The van der Waals surface area contributed by atoms with Crippen LogP contribution in [0.3, 0.4) is 0 Å². The van der Waals surface area contributed by atoms with Crippen molar-refractivity contribution >= 4 is 21.8 Å². The number of nitrogens with zero attached hydrogens (tertiary/aromatic N) is 2. The van der Waals surface area contributed by atoms with Gasteiger partial charge in [0.2, 0.25) is 0 Å². The molecule has 1 amide bonds. The van der Waals surface area contributed by atoms with Gasteiger partial charge in [-0.1, -0.05) is 0 Å². The van der Waals surface area contributed by atoms with E-state index in [0.717, 1.165) is 41.7 Å². The second-order valence-corrected chi connectivity index (χ2v) is 5.06. The Labute approximate surface area is 104 Å². The van der Waals surface area contributed by atoms with E-state index in [4.69, 9.17) is 0 Å². The maximum atomic E-state index is 12.2. The van der Waals surface area contributed by atoms with Crippen LogP contribution in [0.2, 0.25) is 0 Å². The van der Waals surface area contributed by atoms with Crippen molar-refractivity contribution in [2.75, 3.05) is 13.1 Å². The fraction of sp³-hybridized carbons (Fsp3) is 0.500. The average molecular weight is 283 g/mol. The van der Waals surface area contributed by atoms with E-state index >= 15 is 0 Å². The summed E-state index contributed by atoms with van der Waals surface area (Å²) in [5.74, 6) is 0.117. The van der Waals surface area contributed by atoms with Crippen molar-refractivity contribution in [3.63, 3.8) is 0 Å². The van der Waals surface area contributed by atoms with Crippen LogP contribution in [0.15, 0.2) is 16.7 Å². The van der Waals surface area contributed by atoms with Gasteiger partial charge < -0.3 is 4.90 Å². The van der Waals surface area contributed by atoms with E-state index in [-0.39, 0.29) is 5.91 Å². The monoisotopic (exact) mass is 282 g/mol. The summed E-state index contributed by atoms with van der Waals surface area (Å²) in [6, 6.07) is 1.86. The third kappa shape index (κ3) is 2.43. The number of hydrogen-bond acceptors (Lipinski definition) is 2. The molecule has 3 nitrogen and oxygen atoms in total. The van der Waals surface area contributed by atoms with Crippen LogP contribution in [0.25, 0.3) is 0 Å². The van der Waals surface area contributed by atoms with Crippen LogP contribution >= 0.6 is 15.9 Å². The van der Waals surface area contributed by atoms with E-state index in [1.54, 1.807) is 6.20 Å². The van der Waals surface area contributed by atoms with Gasteiger partial charge in [0, 0.05) is 23.8 Å². The average Bonchev–Trinajstić information content (AvgIpc) is 2.32. The third-order valence-corrected chi connectivity index (χ3v) is 3.36. The molecule has 1 fully saturated rings. The van der Waals surface area contributed by atoms with Crippen LogP contribution in [0.1, 0.15) is 35.3 Å². The van der Waals surface area contributed by atoms with Gasteiger partial charge in [0.15, 0.2) is 0 Å². The first-order valence-electron chi connectivity index (χ1n) is 5.60. The van der Waals surface area contributed by atoms with Gasteiger partial charge in [-0.05, 0) is 48.2 Å². The Morgan fingerprint density at radius 3 is 2.75 bits per heavy atom. The van der Waals surface area contributed by atoms with Crippen molar-refractivity contribution in [1.29, 1.82) is 0 Å². The minimum Gasteiger partial charge on any atom is -0.339 e. The van der Waals surface area contributed by atoms with Crippen molar-refractivity contribution in [2.24, 2.45) is 0 Å². The molecule has 0 atom stereocenters. The van der Waals surface area contributed by atoms with Crippen LogP contribution in [-0.2, 0) is 0 Å². The van der Waals surface area contributed by atoms with Gasteiger partial charge >= 0.3 is 0 Å². The number of piperidine rings is 1. The number of aryl methyl sites for hydroxylation is 1. The zero-order valence-electron chi connectivity index (χ0n) is 9.37. The van der Waals surface area contributed by atoms with Crippen molar-refractivity contribution in [3.05, 3.63) is 28.0 Å². The van der Waals surface area contributed by atoms with Gasteiger partial charge in [-0.3, -0.25) is 9.78 Å². The van der Waals surface area contributed by atoms with Crippen molar-refractivity contribution in [3.8, 4) is 0 Å². The van der Waals surface area contributed by atoms with Crippen LogP contribution in [0.5, 0.6) is 0 Å². The molecular formula is C12H15BrN2O. The van der Waals surface area contributed by atoms with E-state index in [1.165, 1.54) is 6.42 Å². The molecule has 1 saturated heterocycles. The summed E-state index contributed by atoms with van der Waals surface area (Å²) in [5.41, 5.74) is 1.52. The number of halogens is 1. The highest BCUT2D eigenvalue weighted by Gasteiger charge is 2.20. The van der Waals surface area contributed by atoms with Gasteiger partial charge in [-0.25, -0.2) is 0 Å². The Morgan fingerprint density at radius 1 is 1.38 bits per heavy atom. The standard InChI is InChI=1S/C12H15BrN2O/c1-9-11(7-10(13)8-14-9)12(16)15-5-3-2-4-6-15/h7-8H,2-6H2,1H3. The molecule has 2 heterocycles. The predicted molar refractivity (Wildman–Crippen MR) is 66.4 cm³/mol. The van der Waals surface area contributed by atoms with Crippen LogP contribution < -0.4 is 0 Å². The molecule has 0 N–H and O–H groups in total. The first kappa shape index (κ1) is 11.6. The van der Waals surface area contributed by atoms with Crippen molar-refractivity contribution in [2.45, 2.75) is 26.2 Å². The molecule has 0 spiro atoms. The summed E-state index contributed by atoms with van der Waals surface area (Å²) in [6.45, 7) is 3.64. The van der Waals surface area contributed by atoms with E-state index in [2.05, 4.69) is 20.9 Å². The summed E-state index contributed by atoms with van der Waals surface area (Å²) in [7, 11) is 0. The largest absolute Gasteiger partial charge is 0.339 e. The zero-order chi connectivity index (χ0) is 11.5. The minimum atomic E-state index is 0.117. The highest BCUT2D eigenvalue weighted by atomic mass is 79.9. The molecule has 0 aromatic carbocycles. The Balaban J connectivity index is 2.22. The molecule has 0 aliphatic carbocycles. The van der Waals surface area contributed by atoms with E-state index < -0.39 is 0 Å².